The van der Waals surface area contributed by atoms with Crippen molar-refractivity contribution in [3.8, 4) is 11.8 Å². The van der Waals surface area contributed by atoms with Crippen LogP contribution in [0.15, 0.2) is 70.4 Å². The van der Waals surface area contributed by atoms with Crippen molar-refractivity contribution in [2.24, 2.45) is 15.9 Å². The summed E-state index contributed by atoms with van der Waals surface area (Å²) in [7, 11) is 1.74. The molecule has 2 nitrogen and oxygen atoms in total. The number of hydrogen-bond acceptors (Lipinski definition) is 2. The van der Waals surface area contributed by atoms with E-state index in [-0.39, 0.29) is 5.92 Å². The lowest BCUT2D eigenvalue weighted by molar-refractivity contribution is 0.973. The molecule has 1 aliphatic rings. The van der Waals surface area contributed by atoms with Crippen LogP contribution in [0.2, 0.25) is 0 Å². The molecule has 0 bridgehead atoms. The molecule has 0 heterocycles. The van der Waals surface area contributed by atoms with Gasteiger partial charge in [-0.2, -0.15) is 0 Å². The van der Waals surface area contributed by atoms with E-state index in [9.17, 15) is 0 Å². The van der Waals surface area contributed by atoms with Crippen LogP contribution in [0.5, 0.6) is 0 Å². The Morgan fingerprint density at radius 2 is 2.19 bits per heavy atom. The first-order chi connectivity index (χ1) is 10.2. The highest BCUT2D eigenvalue weighted by molar-refractivity contribution is 6.21. The summed E-state index contributed by atoms with van der Waals surface area (Å²) in [5, 5.41) is 0. The summed E-state index contributed by atoms with van der Waals surface area (Å²) >= 11 is 0. The smallest absolute Gasteiger partial charge is 0.0802 e. The van der Waals surface area contributed by atoms with E-state index in [4.69, 9.17) is 4.99 Å². The summed E-state index contributed by atoms with van der Waals surface area (Å²) in [6, 6.07) is 0. The maximum Gasteiger partial charge on any atom is 0.0802 e. The molecule has 0 aromatic rings. The SMILES string of the molecule is C=CC(=N\C1=C\C(C)=C/CC#CC1C=C)/C(C=NC)=C/C. The predicted molar refractivity (Wildman–Crippen MR) is 93.7 cm³/mol. The van der Waals surface area contributed by atoms with Gasteiger partial charge in [0.1, 0.15) is 0 Å². The highest BCUT2D eigenvalue weighted by atomic mass is 14.8. The molecule has 0 amide bonds. The zero-order valence-corrected chi connectivity index (χ0v) is 13.1. The molecule has 1 aliphatic carbocycles. The zero-order chi connectivity index (χ0) is 15.7. The lowest BCUT2D eigenvalue weighted by Gasteiger charge is -2.11. The average Bonchev–Trinajstić information content (AvgIpc) is 2.47. The van der Waals surface area contributed by atoms with Crippen LogP contribution in [0.3, 0.4) is 0 Å². The van der Waals surface area contributed by atoms with Crippen LogP contribution in [0.4, 0.5) is 0 Å². The van der Waals surface area contributed by atoms with Gasteiger partial charge in [0.25, 0.3) is 0 Å². The van der Waals surface area contributed by atoms with E-state index in [2.05, 4.69) is 49.1 Å². The fourth-order valence-electron chi connectivity index (χ4n) is 1.91. The zero-order valence-electron chi connectivity index (χ0n) is 13.1. The monoisotopic (exact) mass is 278 g/mol. The van der Waals surface area contributed by atoms with E-state index in [1.165, 1.54) is 0 Å². The van der Waals surface area contributed by atoms with Gasteiger partial charge in [-0.1, -0.05) is 42.2 Å². The summed E-state index contributed by atoms with van der Waals surface area (Å²) in [6.45, 7) is 11.7. The second kappa shape index (κ2) is 8.71. The van der Waals surface area contributed by atoms with Crippen LogP contribution in [0.1, 0.15) is 20.3 Å². The molecule has 1 atom stereocenters. The number of rotatable bonds is 5. The highest BCUT2D eigenvalue weighted by Gasteiger charge is 2.10. The molecule has 0 aromatic carbocycles. The molecule has 1 rings (SSSR count). The molecule has 0 fully saturated rings. The number of hydrogen-bond donors (Lipinski definition) is 0. The van der Waals surface area contributed by atoms with Crippen molar-refractivity contribution in [1.82, 2.24) is 0 Å². The minimum atomic E-state index is -0.0692. The highest BCUT2D eigenvalue weighted by Crippen LogP contribution is 2.19. The van der Waals surface area contributed by atoms with Gasteiger partial charge >= 0.3 is 0 Å². The summed E-state index contributed by atoms with van der Waals surface area (Å²) in [5.41, 5.74) is 3.76. The fraction of sp³-hybridized carbons (Fsp3) is 0.263. The third-order valence-electron chi connectivity index (χ3n) is 3.03. The molecule has 0 aromatic heterocycles. The van der Waals surface area contributed by atoms with E-state index >= 15 is 0 Å². The first-order valence-electron chi connectivity index (χ1n) is 6.95. The number of allylic oxidation sites excluding steroid dienone is 7. The van der Waals surface area contributed by atoms with Crippen LogP contribution >= 0.6 is 0 Å². The summed E-state index contributed by atoms with van der Waals surface area (Å²) in [6.07, 6.45) is 12.2. The van der Waals surface area contributed by atoms with Gasteiger partial charge in [-0.15, -0.1) is 6.58 Å². The van der Waals surface area contributed by atoms with E-state index < -0.39 is 0 Å². The van der Waals surface area contributed by atoms with Gasteiger partial charge < -0.3 is 0 Å². The first kappa shape index (κ1) is 16.7. The van der Waals surface area contributed by atoms with Crippen LogP contribution in [0, 0.1) is 17.8 Å². The quantitative estimate of drug-likeness (QED) is 0.407. The van der Waals surface area contributed by atoms with E-state index in [0.717, 1.165) is 29.0 Å². The van der Waals surface area contributed by atoms with Crippen molar-refractivity contribution >= 4 is 11.9 Å². The lowest BCUT2D eigenvalue weighted by atomic mass is 10.0. The summed E-state index contributed by atoms with van der Waals surface area (Å²) < 4.78 is 0. The maximum absolute atomic E-state index is 4.73. The Morgan fingerprint density at radius 1 is 1.43 bits per heavy atom. The average molecular weight is 278 g/mol. The molecule has 0 N–H and O–H groups in total. The molecule has 0 saturated heterocycles. The van der Waals surface area contributed by atoms with E-state index in [0.29, 0.717) is 0 Å². The molecule has 0 aliphatic heterocycles. The van der Waals surface area contributed by atoms with Gasteiger partial charge in [0, 0.05) is 25.3 Å². The van der Waals surface area contributed by atoms with Gasteiger partial charge in [0.2, 0.25) is 0 Å². The Hall–Kier alpha value is -2.40. The molecule has 0 spiro atoms. The first-order valence-corrected chi connectivity index (χ1v) is 6.95. The van der Waals surface area contributed by atoms with E-state index in [1.54, 1.807) is 19.3 Å². The van der Waals surface area contributed by atoms with Gasteiger partial charge in [-0.05, 0) is 26.0 Å². The molecule has 0 radical (unpaired) electrons. The van der Waals surface area contributed by atoms with Gasteiger partial charge in [-0.25, -0.2) is 0 Å². The Kier molecular flexibility index (Phi) is 6.91. The normalized spacial score (nSPS) is 24.8. The topological polar surface area (TPSA) is 24.7 Å². The standard InChI is InChI=1S/C19H22N2/c1-6-16-12-10-9-11-15(4)13-19(16)21-18(8-3)17(7-2)14-20-5/h6-8,11,13-14,16H,1,3,9H2,2,4-5H3/b15-11-,17-7+,19-13+,20-14?,21-18+. The van der Waals surface area contributed by atoms with Crippen molar-refractivity contribution in [2.45, 2.75) is 20.3 Å². The molecule has 0 saturated carbocycles. The second-order valence-corrected chi connectivity index (χ2v) is 4.59. The van der Waals surface area contributed by atoms with Crippen molar-refractivity contribution in [2.75, 3.05) is 7.05 Å². The predicted octanol–water partition coefficient (Wildman–Crippen LogP) is 4.30. The fourth-order valence-corrected chi connectivity index (χ4v) is 1.91. The van der Waals surface area contributed by atoms with Gasteiger partial charge in [0.05, 0.1) is 17.3 Å². The Balaban J connectivity index is 3.35. The Bertz CT molecular complexity index is 614. The van der Waals surface area contributed by atoms with Crippen molar-refractivity contribution in [3.63, 3.8) is 0 Å². The molecule has 2 heteroatoms. The molecule has 1 unspecified atom stereocenters. The largest absolute Gasteiger partial charge is 0.296 e. The van der Waals surface area contributed by atoms with E-state index in [1.807, 2.05) is 19.1 Å². The third-order valence-corrected chi connectivity index (χ3v) is 3.03. The van der Waals surface area contributed by atoms with Crippen LogP contribution < -0.4 is 0 Å². The van der Waals surface area contributed by atoms with Crippen molar-refractivity contribution in [1.29, 1.82) is 0 Å². The third kappa shape index (κ3) is 4.89. The van der Waals surface area contributed by atoms with Crippen LogP contribution in [0.25, 0.3) is 0 Å². The minimum Gasteiger partial charge on any atom is -0.296 e. The van der Waals surface area contributed by atoms with Gasteiger partial charge in [-0.3, -0.25) is 9.98 Å². The number of aliphatic imine (C=N–C) groups is 2. The number of nitrogens with zero attached hydrogens (tertiary/aromatic N) is 2. The lowest BCUT2D eigenvalue weighted by Crippen LogP contribution is -2.05. The summed E-state index contributed by atoms with van der Waals surface area (Å²) in [4.78, 5) is 8.79. The van der Waals surface area contributed by atoms with Crippen LogP contribution in [-0.2, 0) is 0 Å². The van der Waals surface area contributed by atoms with Crippen molar-refractivity contribution < 1.29 is 0 Å². The maximum atomic E-state index is 4.73. The van der Waals surface area contributed by atoms with Crippen LogP contribution in [-0.4, -0.2) is 19.0 Å². The minimum absolute atomic E-state index is 0.0692. The molecule has 108 valence electrons. The van der Waals surface area contributed by atoms with Crippen molar-refractivity contribution in [3.05, 3.63) is 60.4 Å². The van der Waals surface area contributed by atoms with Gasteiger partial charge in [0.15, 0.2) is 0 Å². The second-order valence-electron chi connectivity index (χ2n) is 4.59. The molecule has 21 heavy (non-hydrogen) atoms. The molecular weight excluding hydrogens is 256 g/mol. The Labute approximate surface area is 128 Å². The Morgan fingerprint density at radius 3 is 2.76 bits per heavy atom. The molecular formula is C19H22N2. The summed E-state index contributed by atoms with van der Waals surface area (Å²) in [5.74, 6) is 6.25.